The monoisotopic (exact) mass is 400 g/mol. The number of carbonyl (C=O) groups is 1. The van der Waals surface area contributed by atoms with Crippen molar-refractivity contribution in [2.45, 2.75) is 64.8 Å². The number of hydrogen-bond acceptors (Lipinski definition) is 9. The third-order valence-electron chi connectivity index (χ3n) is 4.83. The van der Waals surface area contributed by atoms with Gasteiger partial charge in [0.15, 0.2) is 5.78 Å². The van der Waals surface area contributed by atoms with Crippen LogP contribution in [0.2, 0.25) is 0 Å². The van der Waals surface area contributed by atoms with Gasteiger partial charge < -0.3 is 40.1 Å². The summed E-state index contributed by atoms with van der Waals surface area (Å²) in [6, 6.07) is 0. The molecule has 1 heterocycles. The van der Waals surface area contributed by atoms with Gasteiger partial charge in [0.2, 0.25) is 6.29 Å². The van der Waals surface area contributed by atoms with Crippen LogP contribution < -0.4 is 4.74 Å². The van der Waals surface area contributed by atoms with Crippen LogP contribution in [0.4, 0.5) is 0 Å². The lowest BCUT2D eigenvalue weighted by Crippen LogP contribution is -2.60. The number of ether oxygens (including phenoxy) is 2. The molecule has 5 atom stereocenters. The summed E-state index contributed by atoms with van der Waals surface area (Å²) in [7, 11) is 0. The van der Waals surface area contributed by atoms with Crippen molar-refractivity contribution < 1.29 is 44.9 Å². The van der Waals surface area contributed by atoms with Gasteiger partial charge in [-0.05, 0) is 19.8 Å². The summed E-state index contributed by atoms with van der Waals surface area (Å²) in [5.41, 5.74) is 0.0728. The number of carbonyl (C=O) groups excluding carboxylic acids is 1. The molecule has 2 rings (SSSR count). The first-order valence-electron chi connectivity index (χ1n) is 9.06. The van der Waals surface area contributed by atoms with E-state index in [2.05, 4.69) is 0 Å². The second-order valence-electron chi connectivity index (χ2n) is 7.49. The Bertz CT molecular complexity index is 729. The van der Waals surface area contributed by atoms with E-state index < -0.39 is 48.8 Å². The van der Waals surface area contributed by atoms with Crippen LogP contribution in [-0.2, 0) is 4.74 Å². The van der Waals surface area contributed by atoms with Gasteiger partial charge in [0.25, 0.3) is 0 Å². The van der Waals surface area contributed by atoms with Crippen molar-refractivity contribution in [1.29, 1.82) is 0 Å². The van der Waals surface area contributed by atoms with Crippen LogP contribution >= 0.6 is 0 Å². The quantitative estimate of drug-likeness (QED) is 0.365. The Morgan fingerprint density at radius 1 is 1.04 bits per heavy atom. The van der Waals surface area contributed by atoms with E-state index >= 15 is 0 Å². The molecule has 0 aromatic heterocycles. The number of hydrogen-bond donors (Lipinski definition) is 6. The van der Waals surface area contributed by atoms with Gasteiger partial charge in [-0.1, -0.05) is 13.8 Å². The normalized spacial score (nSPS) is 27.8. The average molecular weight is 400 g/mol. The van der Waals surface area contributed by atoms with Crippen LogP contribution in [0.1, 0.15) is 41.8 Å². The zero-order valence-corrected chi connectivity index (χ0v) is 16.3. The predicted octanol–water partition coefficient (Wildman–Crippen LogP) is 0.122. The second-order valence-corrected chi connectivity index (χ2v) is 7.49. The summed E-state index contributed by atoms with van der Waals surface area (Å²) >= 11 is 0. The van der Waals surface area contributed by atoms with Gasteiger partial charge in [0, 0.05) is 17.5 Å². The molecule has 0 saturated carbocycles. The van der Waals surface area contributed by atoms with Crippen LogP contribution in [0.5, 0.6) is 17.2 Å². The third-order valence-corrected chi connectivity index (χ3v) is 4.83. The molecule has 0 spiro atoms. The number of phenols is 2. The van der Waals surface area contributed by atoms with Crippen molar-refractivity contribution >= 4 is 5.78 Å². The highest BCUT2D eigenvalue weighted by Gasteiger charge is 2.45. The fourth-order valence-corrected chi connectivity index (χ4v) is 3.14. The van der Waals surface area contributed by atoms with E-state index in [0.29, 0.717) is 0 Å². The maximum Gasteiger partial charge on any atom is 0.229 e. The van der Waals surface area contributed by atoms with Crippen LogP contribution in [0.25, 0.3) is 0 Å². The van der Waals surface area contributed by atoms with E-state index in [1.54, 1.807) is 0 Å². The van der Waals surface area contributed by atoms with E-state index in [1.165, 1.54) is 13.8 Å². The Labute approximate surface area is 162 Å². The van der Waals surface area contributed by atoms with Crippen LogP contribution in [0.3, 0.4) is 0 Å². The number of Topliss-reactive ketones (excluding diaryl/α,β-unsaturated/α-hetero) is 1. The molecule has 1 aromatic rings. The van der Waals surface area contributed by atoms with Gasteiger partial charge in [0.1, 0.15) is 47.2 Å². The molecule has 158 valence electrons. The molecule has 1 fully saturated rings. The molecule has 0 amide bonds. The maximum absolute atomic E-state index is 12.7. The van der Waals surface area contributed by atoms with E-state index in [-0.39, 0.29) is 40.5 Å². The van der Waals surface area contributed by atoms with Crippen molar-refractivity contribution in [3.05, 3.63) is 16.7 Å². The SMILES string of the molecule is Cc1c(O)c(C)c(O[C@@H]2O[C@H](CO)[C@@H](O)[C@H](O)[C@H]2O)c(C(=O)CC(C)C)c1O. The number of rotatable bonds is 6. The Morgan fingerprint density at radius 3 is 2.18 bits per heavy atom. The van der Waals surface area contributed by atoms with Crippen molar-refractivity contribution in [3.63, 3.8) is 0 Å². The van der Waals surface area contributed by atoms with E-state index in [9.17, 15) is 35.4 Å². The Morgan fingerprint density at radius 2 is 1.64 bits per heavy atom. The fourth-order valence-electron chi connectivity index (χ4n) is 3.14. The molecule has 1 aliphatic rings. The minimum atomic E-state index is -1.70. The number of aliphatic hydroxyl groups is 4. The lowest BCUT2D eigenvalue weighted by molar-refractivity contribution is -0.277. The number of ketones is 1. The Balaban J connectivity index is 2.50. The lowest BCUT2D eigenvalue weighted by Gasteiger charge is -2.40. The molecule has 6 N–H and O–H groups in total. The molecule has 0 aliphatic carbocycles. The van der Waals surface area contributed by atoms with Gasteiger partial charge in [-0.3, -0.25) is 4.79 Å². The number of phenolic OH excluding ortho intramolecular Hbond substituents is 2. The first kappa shape index (κ1) is 22.4. The molecule has 0 radical (unpaired) electrons. The van der Waals surface area contributed by atoms with Gasteiger partial charge in [0.05, 0.1) is 6.61 Å². The topological polar surface area (TPSA) is 157 Å². The molecule has 0 bridgehead atoms. The summed E-state index contributed by atoms with van der Waals surface area (Å²) in [5, 5.41) is 60.0. The van der Waals surface area contributed by atoms with E-state index in [1.807, 2.05) is 13.8 Å². The number of aliphatic hydroxyl groups excluding tert-OH is 4. The van der Waals surface area contributed by atoms with Gasteiger partial charge >= 0.3 is 0 Å². The highest BCUT2D eigenvalue weighted by molar-refractivity contribution is 6.02. The third kappa shape index (κ3) is 4.08. The predicted molar refractivity (Wildman–Crippen MR) is 97.4 cm³/mol. The Hall–Kier alpha value is -1.91. The zero-order chi connectivity index (χ0) is 21.3. The maximum atomic E-state index is 12.7. The summed E-state index contributed by atoms with van der Waals surface area (Å²) in [4.78, 5) is 12.7. The molecule has 0 unspecified atom stereocenters. The van der Waals surface area contributed by atoms with Crippen molar-refractivity contribution in [2.24, 2.45) is 5.92 Å². The van der Waals surface area contributed by atoms with E-state index in [0.717, 1.165) is 0 Å². The highest BCUT2D eigenvalue weighted by atomic mass is 16.7. The minimum absolute atomic E-state index is 0.0126. The Kier molecular flexibility index (Phi) is 6.89. The van der Waals surface area contributed by atoms with E-state index in [4.69, 9.17) is 9.47 Å². The number of benzene rings is 1. The first-order valence-corrected chi connectivity index (χ1v) is 9.06. The molecule has 28 heavy (non-hydrogen) atoms. The zero-order valence-electron chi connectivity index (χ0n) is 16.3. The average Bonchev–Trinajstić information content (AvgIpc) is 2.63. The van der Waals surface area contributed by atoms with Gasteiger partial charge in [-0.25, -0.2) is 0 Å². The van der Waals surface area contributed by atoms with Gasteiger partial charge in [-0.2, -0.15) is 0 Å². The summed E-state index contributed by atoms with van der Waals surface area (Å²) in [5.74, 6) is -1.39. The highest BCUT2D eigenvalue weighted by Crippen LogP contribution is 2.43. The van der Waals surface area contributed by atoms with Crippen LogP contribution in [0, 0.1) is 19.8 Å². The largest absolute Gasteiger partial charge is 0.507 e. The summed E-state index contributed by atoms with van der Waals surface area (Å²) < 4.78 is 10.9. The molecule has 9 heteroatoms. The number of aromatic hydroxyl groups is 2. The molecule has 1 aromatic carbocycles. The second kappa shape index (κ2) is 8.62. The van der Waals surface area contributed by atoms with Crippen molar-refractivity contribution in [3.8, 4) is 17.2 Å². The lowest BCUT2D eigenvalue weighted by atomic mass is 9.94. The first-order chi connectivity index (χ1) is 13.0. The molecular weight excluding hydrogens is 372 g/mol. The molecular formula is C19H28O9. The smallest absolute Gasteiger partial charge is 0.229 e. The van der Waals surface area contributed by atoms with Crippen molar-refractivity contribution in [2.75, 3.05) is 6.61 Å². The minimum Gasteiger partial charge on any atom is -0.507 e. The fraction of sp³-hybridized carbons (Fsp3) is 0.632. The molecule has 1 saturated heterocycles. The molecule has 1 aliphatic heterocycles. The standard InChI is InChI=1S/C19H28O9/c1-7(2)5-10(21)12-14(23)8(3)13(22)9(4)18(12)28-19-17(26)16(25)15(24)11(6-20)27-19/h7,11,15-17,19-20,22-26H,5-6H2,1-4H3/t11-,15-,16+,17-,19+/m1/s1. The van der Waals surface area contributed by atoms with Crippen LogP contribution in [-0.4, -0.2) is 73.7 Å². The summed E-state index contributed by atoms with van der Waals surface area (Å²) in [6.45, 7) is 5.92. The molecule has 9 nitrogen and oxygen atoms in total. The van der Waals surface area contributed by atoms with Gasteiger partial charge in [-0.15, -0.1) is 0 Å². The van der Waals surface area contributed by atoms with Crippen molar-refractivity contribution in [1.82, 2.24) is 0 Å². The summed E-state index contributed by atoms with van der Waals surface area (Å²) in [6.07, 6.45) is -7.59. The van der Waals surface area contributed by atoms with Crippen LogP contribution in [0.15, 0.2) is 0 Å².